The van der Waals surface area contributed by atoms with E-state index in [-0.39, 0.29) is 0 Å². The van der Waals surface area contributed by atoms with Gasteiger partial charge >= 0.3 is 24.5 Å². The van der Waals surface area contributed by atoms with Crippen molar-refractivity contribution in [1.29, 1.82) is 0 Å². The molecule has 0 nitrogen and oxygen atoms in total. The van der Waals surface area contributed by atoms with Crippen molar-refractivity contribution in [3.63, 3.8) is 0 Å². The van der Waals surface area contributed by atoms with Gasteiger partial charge < -0.3 is 0 Å². The number of hydrogen-bond donors (Lipinski definition) is 0. The molecular weight excluding hydrogens is 448 g/mol. The molecule has 160 valence electrons. The first kappa shape index (κ1) is 22.4. The average Bonchev–Trinajstić information content (AvgIpc) is 2.62. The van der Waals surface area contributed by atoms with E-state index in [4.69, 9.17) is 0 Å². The maximum absolute atomic E-state index is 14.6. The topological polar surface area (TPSA) is 0 Å². The number of benzene rings is 1. The Bertz CT molecular complexity index is 810. The van der Waals surface area contributed by atoms with Crippen LogP contribution in [0.4, 0.5) is 70.2 Å². The molecule has 0 saturated heterocycles. The zero-order valence-electron chi connectivity index (χ0n) is 12.0. The molecule has 16 heteroatoms. The van der Waals surface area contributed by atoms with E-state index in [0.717, 1.165) is 0 Å². The Morgan fingerprint density at radius 1 is 0.464 bits per heavy atom. The summed E-state index contributed by atoms with van der Waals surface area (Å²) < 4.78 is 214. The van der Waals surface area contributed by atoms with Crippen molar-refractivity contribution in [1.82, 2.24) is 0 Å². The zero-order chi connectivity index (χ0) is 22.5. The average molecular weight is 448 g/mol. The number of halogens is 16. The Hall–Kier alpha value is -1.90. The number of alkyl halides is 12. The largest absolute Gasteiger partial charge is 0.428 e. The molecule has 0 aliphatic heterocycles. The fourth-order valence-electron chi connectivity index (χ4n) is 3.10. The van der Waals surface area contributed by atoms with E-state index in [0.29, 0.717) is 0 Å². The van der Waals surface area contributed by atoms with E-state index in [1.165, 1.54) is 0 Å². The lowest BCUT2D eigenvalue weighted by atomic mass is 9.69. The minimum absolute atomic E-state index is 3.47. The summed E-state index contributed by atoms with van der Waals surface area (Å²) in [5.41, 5.74) is -23.2. The molecule has 1 aliphatic carbocycles. The first-order valence-electron chi connectivity index (χ1n) is 6.27. The van der Waals surface area contributed by atoms with Gasteiger partial charge in [-0.15, -0.1) is 0 Å². The molecule has 0 radical (unpaired) electrons. The number of fused-ring (bicyclic) bond motifs is 1. The Labute approximate surface area is 141 Å². The quantitative estimate of drug-likeness (QED) is 0.253. The van der Waals surface area contributed by atoms with Crippen molar-refractivity contribution >= 4 is 0 Å². The van der Waals surface area contributed by atoms with E-state index in [1.54, 1.807) is 0 Å². The molecule has 0 saturated carbocycles. The molecule has 1 atom stereocenters. The minimum Gasteiger partial charge on any atom is -0.227 e. The molecule has 28 heavy (non-hydrogen) atoms. The van der Waals surface area contributed by atoms with Gasteiger partial charge in [0.05, 0.1) is 11.1 Å². The summed E-state index contributed by atoms with van der Waals surface area (Å²) in [5, 5.41) is 0. The van der Waals surface area contributed by atoms with Gasteiger partial charge in [-0.05, 0) is 0 Å². The second-order valence-corrected chi connectivity index (χ2v) is 5.48. The SMILES string of the molecule is Fc1c(F)c(F)c2c(c1F)C(F)(F)C(C(F)(F)F)(C(F)(F)F)C2(F)C(F)(F)F. The van der Waals surface area contributed by atoms with Crippen LogP contribution >= 0.6 is 0 Å². The first-order valence-corrected chi connectivity index (χ1v) is 6.27. The molecule has 0 heterocycles. The van der Waals surface area contributed by atoms with Crippen molar-refractivity contribution in [2.75, 3.05) is 0 Å². The highest BCUT2D eigenvalue weighted by Gasteiger charge is 3.00. The van der Waals surface area contributed by atoms with E-state index in [2.05, 4.69) is 0 Å². The lowest BCUT2D eigenvalue weighted by molar-refractivity contribution is -0.464. The van der Waals surface area contributed by atoms with Crippen molar-refractivity contribution < 1.29 is 70.2 Å². The number of hydrogen-bond acceptors (Lipinski definition) is 0. The molecule has 0 fully saturated rings. The van der Waals surface area contributed by atoms with Crippen LogP contribution in [-0.2, 0) is 11.6 Å². The van der Waals surface area contributed by atoms with Crippen LogP contribution in [0.2, 0.25) is 0 Å². The fraction of sp³-hybridized carbons (Fsp3) is 0.500. The van der Waals surface area contributed by atoms with Crippen LogP contribution in [0.1, 0.15) is 11.1 Å². The van der Waals surface area contributed by atoms with Crippen molar-refractivity contribution in [3.05, 3.63) is 34.4 Å². The summed E-state index contributed by atoms with van der Waals surface area (Å²) in [4.78, 5) is 0. The van der Waals surface area contributed by atoms with Gasteiger partial charge in [-0.1, -0.05) is 0 Å². The van der Waals surface area contributed by atoms with Gasteiger partial charge in [0.25, 0.3) is 11.1 Å². The van der Waals surface area contributed by atoms with Crippen LogP contribution in [0, 0.1) is 28.7 Å². The van der Waals surface area contributed by atoms with Crippen LogP contribution in [0.15, 0.2) is 0 Å². The summed E-state index contributed by atoms with van der Waals surface area (Å²) >= 11 is 0. The molecule has 1 aromatic carbocycles. The van der Waals surface area contributed by atoms with Crippen LogP contribution in [0.3, 0.4) is 0 Å². The molecule has 0 amide bonds. The summed E-state index contributed by atoms with van der Waals surface area (Å²) in [6, 6.07) is 0. The Morgan fingerprint density at radius 2 is 0.786 bits per heavy atom. The smallest absolute Gasteiger partial charge is 0.227 e. The second-order valence-electron chi connectivity index (χ2n) is 5.48. The molecule has 0 bridgehead atoms. The third-order valence-electron chi connectivity index (χ3n) is 4.15. The maximum atomic E-state index is 14.6. The van der Waals surface area contributed by atoms with Gasteiger partial charge in [-0.3, -0.25) is 0 Å². The number of rotatable bonds is 0. The monoisotopic (exact) mass is 448 g/mol. The lowest BCUT2D eigenvalue weighted by Gasteiger charge is -2.45. The van der Waals surface area contributed by atoms with Crippen molar-refractivity contribution in [3.8, 4) is 0 Å². The van der Waals surface area contributed by atoms with E-state index in [9.17, 15) is 70.2 Å². The molecule has 1 aromatic rings. The molecule has 0 N–H and O–H groups in total. The second kappa shape index (κ2) is 5.37. The van der Waals surface area contributed by atoms with Crippen molar-refractivity contribution in [2.24, 2.45) is 5.41 Å². The predicted octanol–water partition coefficient (Wildman–Crippen LogP) is 6.19. The highest BCUT2D eigenvalue weighted by atomic mass is 19.4. The third kappa shape index (κ3) is 2.06. The van der Waals surface area contributed by atoms with Gasteiger partial charge in [-0.25, -0.2) is 22.0 Å². The van der Waals surface area contributed by atoms with Crippen LogP contribution < -0.4 is 0 Å². The highest BCUT2D eigenvalue weighted by molar-refractivity contribution is 5.51. The molecular formula is C12F16. The molecule has 0 aromatic heterocycles. The normalized spacial score (nSPS) is 24.4. The van der Waals surface area contributed by atoms with Gasteiger partial charge in [0.15, 0.2) is 23.3 Å². The molecule has 2 rings (SSSR count). The zero-order valence-corrected chi connectivity index (χ0v) is 12.0. The van der Waals surface area contributed by atoms with Crippen molar-refractivity contribution in [2.45, 2.75) is 30.1 Å². The predicted molar refractivity (Wildman–Crippen MR) is 53.6 cm³/mol. The molecule has 1 unspecified atom stereocenters. The van der Waals surface area contributed by atoms with Gasteiger partial charge in [-0.2, -0.15) is 48.3 Å². The molecule has 0 spiro atoms. The van der Waals surface area contributed by atoms with E-state index >= 15 is 0 Å². The molecule has 1 aliphatic rings. The summed E-state index contributed by atoms with van der Waals surface area (Å²) in [5.74, 6) is -21.9. The van der Waals surface area contributed by atoms with E-state index in [1.807, 2.05) is 0 Å². The van der Waals surface area contributed by atoms with Crippen LogP contribution in [0.5, 0.6) is 0 Å². The van der Waals surface area contributed by atoms with E-state index < -0.39 is 69.9 Å². The van der Waals surface area contributed by atoms with Gasteiger partial charge in [0.2, 0.25) is 0 Å². The highest BCUT2D eigenvalue weighted by Crippen LogP contribution is 2.79. The summed E-state index contributed by atoms with van der Waals surface area (Å²) in [6.45, 7) is 0. The van der Waals surface area contributed by atoms with Crippen LogP contribution in [-0.4, -0.2) is 18.5 Å². The Morgan fingerprint density at radius 3 is 1.07 bits per heavy atom. The summed E-state index contributed by atoms with van der Waals surface area (Å²) in [7, 11) is 0. The van der Waals surface area contributed by atoms with Gasteiger partial charge in [0, 0.05) is 0 Å². The van der Waals surface area contributed by atoms with Crippen LogP contribution in [0.25, 0.3) is 0 Å². The fourth-order valence-corrected chi connectivity index (χ4v) is 3.10. The Kier molecular flexibility index (Phi) is 4.29. The maximum Gasteiger partial charge on any atom is 0.428 e. The third-order valence-corrected chi connectivity index (χ3v) is 4.15. The standard InChI is InChI=1S/C12F16/c13-3-1-2(4(14)6(16)5(3)15)8(18,19)9(11(23,24)25,12(26,27)28)7(1,17)10(20,21)22. The lowest BCUT2D eigenvalue weighted by Crippen LogP contribution is -2.69. The first-order chi connectivity index (χ1) is 12.1. The van der Waals surface area contributed by atoms with Gasteiger partial charge in [0.1, 0.15) is 0 Å². The summed E-state index contributed by atoms with van der Waals surface area (Å²) in [6.07, 6.45) is -23.5. The Balaban J connectivity index is 3.36. The minimum atomic E-state index is -7.91.